The number of nitrogens with one attached hydrogen (secondary N) is 2. The summed E-state index contributed by atoms with van der Waals surface area (Å²) < 4.78 is 5.28. The van der Waals surface area contributed by atoms with E-state index in [1.807, 2.05) is 91.0 Å². The highest BCUT2D eigenvalue weighted by molar-refractivity contribution is 5.85. The van der Waals surface area contributed by atoms with E-state index >= 15 is 0 Å². The third kappa shape index (κ3) is 6.81. The molecule has 0 bridgehead atoms. The van der Waals surface area contributed by atoms with E-state index in [0.717, 1.165) is 16.7 Å². The molecular weight excluding hydrogens is 364 g/mol. The number of rotatable bonds is 8. The van der Waals surface area contributed by atoms with Gasteiger partial charge in [-0.05, 0) is 16.7 Å². The van der Waals surface area contributed by atoms with Gasteiger partial charge in [-0.2, -0.15) is 0 Å². The molecule has 0 aliphatic heterocycles. The Morgan fingerprint density at radius 2 is 1.24 bits per heavy atom. The molecule has 29 heavy (non-hydrogen) atoms. The molecule has 3 aromatic rings. The van der Waals surface area contributed by atoms with Gasteiger partial charge in [-0.3, -0.25) is 4.79 Å². The van der Waals surface area contributed by atoms with Crippen molar-refractivity contribution in [3.05, 3.63) is 108 Å². The quantitative estimate of drug-likeness (QED) is 0.616. The van der Waals surface area contributed by atoms with Gasteiger partial charge in [-0.15, -0.1) is 0 Å². The predicted molar refractivity (Wildman–Crippen MR) is 112 cm³/mol. The van der Waals surface area contributed by atoms with Crippen molar-refractivity contribution in [2.75, 3.05) is 0 Å². The summed E-state index contributed by atoms with van der Waals surface area (Å²) in [7, 11) is 0. The molecule has 0 spiro atoms. The first kappa shape index (κ1) is 20.1. The lowest BCUT2D eigenvalue weighted by atomic mass is 10.1. The zero-order valence-electron chi connectivity index (χ0n) is 16.1. The summed E-state index contributed by atoms with van der Waals surface area (Å²) in [6, 6.07) is 27.9. The molecule has 3 aromatic carbocycles. The summed E-state index contributed by atoms with van der Waals surface area (Å²) in [6.07, 6.45) is -0.244. The van der Waals surface area contributed by atoms with Gasteiger partial charge in [0, 0.05) is 13.0 Å². The monoisotopic (exact) mass is 388 g/mol. The molecule has 0 fully saturated rings. The largest absolute Gasteiger partial charge is 0.445 e. The van der Waals surface area contributed by atoms with Gasteiger partial charge in [0.1, 0.15) is 12.6 Å². The van der Waals surface area contributed by atoms with Gasteiger partial charge >= 0.3 is 6.09 Å². The lowest BCUT2D eigenvalue weighted by molar-refractivity contribution is -0.123. The number of benzene rings is 3. The highest BCUT2D eigenvalue weighted by Crippen LogP contribution is 2.06. The number of hydrogen-bond donors (Lipinski definition) is 2. The smallest absolute Gasteiger partial charge is 0.408 e. The molecular formula is C24H24N2O3. The summed E-state index contributed by atoms with van der Waals surface area (Å²) in [5, 5.41) is 5.59. The van der Waals surface area contributed by atoms with Crippen LogP contribution in [0.25, 0.3) is 0 Å². The predicted octanol–water partition coefficient (Wildman–Crippen LogP) is 3.84. The maximum Gasteiger partial charge on any atom is 0.408 e. The Morgan fingerprint density at radius 3 is 1.83 bits per heavy atom. The third-order valence-corrected chi connectivity index (χ3v) is 4.41. The highest BCUT2D eigenvalue weighted by atomic mass is 16.5. The van der Waals surface area contributed by atoms with Crippen molar-refractivity contribution in [1.82, 2.24) is 10.6 Å². The van der Waals surface area contributed by atoms with E-state index in [1.165, 1.54) is 0 Å². The minimum atomic E-state index is -0.732. The fraction of sp³-hybridized carbons (Fsp3) is 0.167. The van der Waals surface area contributed by atoms with Crippen LogP contribution in [-0.4, -0.2) is 18.0 Å². The van der Waals surface area contributed by atoms with E-state index in [2.05, 4.69) is 10.6 Å². The minimum absolute atomic E-state index is 0.149. The van der Waals surface area contributed by atoms with E-state index < -0.39 is 12.1 Å². The average Bonchev–Trinajstić information content (AvgIpc) is 2.78. The van der Waals surface area contributed by atoms with Crippen molar-refractivity contribution in [2.45, 2.75) is 25.6 Å². The van der Waals surface area contributed by atoms with Gasteiger partial charge in [0.05, 0.1) is 0 Å². The fourth-order valence-corrected chi connectivity index (χ4v) is 2.87. The first-order chi connectivity index (χ1) is 14.2. The maximum atomic E-state index is 12.7. The lowest BCUT2D eigenvalue weighted by Crippen LogP contribution is -2.48. The molecule has 2 amide bonds. The van der Waals surface area contributed by atoms with E-state index in [1.54, 1.807) is 0 Å². The lowest BCUT2D eigenvalue weighted by Gasteiger charge is -2.18. The van der Waals surface area contributed by atoms with Crippen LogP contribution in [0.5, 0.6) is 0 Å². The van der Waals surface area contributed by atoms with E-state index in [0.29, 0.717) is 13.0 Å². The Bertz CT molecular complexity index is 899. The van der Waals surface area contributed by atoms with Crippen molar-refractivity contribution in [3.63, 3.8) is 0 Å². The van der Waals surface area contributed by atoms with Crippen LogP contribution in [0.4, 0.5) is 4.79 Å². The van der Waals surface area contributed by atoms with E-state index in [-0.39, 0.29) is 12.5 Å². The van der Waals surface area contributed by atoms with Crippen LogP contribution in [0.3, 0.4) is 0 Å². The van der Waals surface area contributed by atoms with Crippen molar-refractivity contribution in [2.24, 2.45) is 0 Å². The Hall–Kier alpha value is -3.60. The standard InChI is InChI=1S/C24H24N2O3/c27-23(25-17-20-12-6-2-7-13-20)22(16-19-10-4-1-5-11-19)26-24(28)29-18-21-14-8-3-9-15-21/h1-15,22H,16-18H2,(H,25,27)(H,26,28)/t22-/m1/s1. The molecule has 0 radical (unpaired) electrons. The van der Waals surface area contributed by atoms with Gasteiger partial charge in [-0.1, -0.05) is 91.0 Å². The van der Waals surface area contributed by atoms with Gasteiger partial charge < -0.3 is 15.4 Å². The number of carbonyl (C=O) groups is 2. The summed E-state index contributed by atoms with van der Waals surface area (Å²) in [4.78, 5) is 25.0. The molecule has 5 nitrogen and oxygen atoms in total. The number of hydrogen-bond acceptors (Lipinski definition) is 3. The van der Waals surface area contributed by atoms with Crippen LogP contribution >= 0.6 is 0 Å². The number of amides is 2. The summed E-state index contributed by atoms with van der Waals surface area (Å²) in [5.41, 5.74) is 2.83. The normalized spacial score (nSPS) is 11.3. The first-order valence-electron chi connectivity index (χ1n) is 9.53. The molecule has 148 valence electrons. The van der Waals surface area contributed by atoms with Crippen LogP contribution in [0.15, 0.2) is 91.0 Å². The second-order valence-electron chi connectivity index (χ2n) is 6.65. The Kier molecular flexibility index (Phi) is 7.41. The van der Waals surface area contributed by atoms with Crippen molar-refractivity contribution >= 4 is 12.0 Å². The summed E-state index contributed by atoms with van der Waals surface area (Å²) >= 11 is 0. The summed E-state index contributed by atoms with van der Waals surface area (Å²) in [6.45, 7) is 0.544. The number of carbonyl (C=O) groups excluding carboxylic acids is 2. The van der Waals surface area contributed by atoms with Crippen LogP contribution < -0.4 is 10.6 Å². The molecule has 0 heterocycles. The second-order valence-corrected chi connectivity index (χ2v) is 6.65. The molecule has 0 aliphatic rings. The molecule has 0 unspecified atom stereocenters. The van der Waals surface area contributed by atoms with E-state index in [9.17, 15) is 9.59 Å². The molecule has 0 aliphatic carbocycles. The SMILES string of the molecule is O=C(N[C@H](Cc1ccccc1)C(=O)NCc1ccccc1)OCc1ccccc1. The molecule has 1 atom stereocenters. The van der Waals surface area contributed by atoms with Crippen molar-refractivity contribution < 1.29 is 14.3 Å². The fourth-order valence-electron chi connectivity index (χ4n) is 2.87. The van der Waals surface area contributed by atoms with Crippen molar-refractivity contribution in [3.8, 4) is 0 Å². The van der Waals surface area contributed by atoms with Crippen LogP contribution in [0, 0.1) is 0 Å². The maximum absolute atomic E-state index is 12.7. The Balaban J connectivity index is 1.60. The van der Waals surface area contributed by atoms with Gasteiger partial charge in [0.15, 0.2) is 0 Å². The topological polar surface area (TPSA) is 67.4 Å². The molecule has 0 saturated carbocycles. The van der Waals surface area contributed by atoms with Gasteiger partial charge in [-0.25, -0.2) is 4.79 Å². The summed E-state index contributed by atoms with van der Waals surface area (Å²) in [5.74, 6) is -0.255. The molecule has 5 heteroatoms. The third-order valence-electron chi connectivity index (χ3n) is 4.41. The second kappa shape index (κ2) is 10.7. The average molecular weight is 388 g/mol. The van der Waals surface area contributed by atoms with Gasteiger partial charge in [0.25, 0.3) is 0 Å². The van der Waals surface area contributed by atoms with Gasteiger partial charge in [0.2, 0.25) is 5.91 Å². The first-order valence-corrected chi connectivity index (χ1v) is 9.53. The number of ether oxygens (including phenoxy) is 1. The zero-order valence-corrected chi connectivity index (χ0v) is 16.1. The van der Waals surface area contributed by atoms with Crippen LogP contribution in [0.2, 0.25) is 0 Å². The molecule has 3 rings (SSSR count). The molecule has 0 aromatic heterocycles. The van der Waals surface area contributed by atoms with Crippen molar-refractivity contribution in [1.29, 1.82) is 0 Å². The highest BCUT2D eigenvalue weighted by Gasteiger charge is 2.22. The molecule has 0 saturated heterocycles. The minimum Gasteiger partial charge on any atom is -0.445 e. The Morgan fingerprint density at radius 1 is 0.724 bits per heavy atom. The number of alkyl carbamates (subject to hydrolysis) is 1. The Labute approximate surface area is 170 Å². The van der Waals surface area contributed by atoms with Crippen LogP contribution in [-0.2, 0) is 29.1 Å². The zero-order chi connectivity index (χ0) is 20.3. The van der Waals surface area contributed by atoms with Crippen LogP contribution in [0.1, 0.15) is 16.7 Å². The van der Waals surface area contributed by atoms with E-state index in [4.69, 9.17) is 4.74 Å². The molecule has 2 N–H and O–H groups in total.